The zero-order valence-corrected chi connectivity index (χ0v) is 19.0. The lowest BCUT2D eigenvalue weighted by molar-refractivity contribution is -0.146. The van der Waals surface area contributed by atoms with E-state index in [-0.39, 0.29) is 17.1 Å². The van der Waals surface area contributed by atoms with Crippen molar-refractivity contribution in [1.29, 1.82) is 0 Å². The highest BCUT2D eigenvalue weighted by molar-refractivity contribution is 7.89. The first-order chi connectivity index (χ1) is 15.3. The van der Waals surface area contributed by atoms with Crippen LogP contribution in [0, 0.1) is 0 Å². The maximum atomic E-state index is 12.7. The van der Waals surface area contributed by atoms with Gasteiger partial charge < -0.3 is 14.2 Å². The smallest absolute Gasteiger partial charge is 0.306 e. The summed E-state index contributed by atoms with van der Waals surface area (Å²) in [5.41, 5.74) is 1.24. The molecule has 0 bridgehead atoms. The standard InChI is InChI=1S/C23H27NO7S/c1-17(23(26)19-6-8-20(29-2)9-7-19)31-22(25)12-5-18-3-10-21(11-4-18)32(27,28)24-13-15-30-16-14-24/h3-4,6-11,17H,5,12-16H2,1-2H3. The SMILES string of the molecule is COc1ccc(C(=O)C(C)OC(=O)CCc2ccc(S(=O)(=O)N3CCOCC3)cc2)cc1. The molecule has 0 aliphatic carbocycles. The van der Waals surface area contributed by atoms with E-state index in [1.807, 2.05) is 0 Å². The van der Waals surface area contributed by atoms with E-state index >= 15 is 0 Å². The van der Waals surface area contributed by atoms with Crippen molar-refractivity contribution in [2.75, 3.05) is 33.4 Å². The molecule has 0 radical (unpaired) electrons. The summed E-state index contributed by atoms with van der Waals surface area (Å²) in [7, 11) is -2.01. The number of carbonyl (C=O) groups excluding carboxylic acids is 2. The molecule has 1 saturated heterocycles. The number of esters is 1. The van der Waals surface area contributed by atoms with Crippen LogP contribution in [0.5, 0.6) is 5.75 Å². The summed E-state index contributed by atoms with van der Waals surface area (Å²) >= 11 is 0. The molecule has 1 unspecified atom stereocenters. The van der Waals surface area contributed by atoms with E-state index in [4.69, 9.17) is 14.2 Å². The average Bonchev–Trinajstić information content (AvgIpc) is 2.83. The van der Waals surface area contributed by atoms with E-state index in [1.165, 1.54) is 18.3 Å². The minimum atomic E-state index is -3.55. The largest absolute Gasteiger partial charge is 0.497 e. The van der Waals surface area contributed by atoms with E-state index < -0.39 is 22.1 Å². The number of methoxy groups -OCH3 is 1. The van der Waals surface area contributed by atoms with Crippen LogP contribution in [0.4, 0.5) is 0 Å². The number of hydrogen-bond acceptors (Lipinski definition) is 7. The highest BCUT2D eigenvalue weighted by Crippen LogP contribution is 2.19. The Hall–Kier alpha value is -2.75. The third-order valence-electron chi connectivity index (χ3n) is 5.20. The number of aryl methyl sites for hydroxylation is 1. The van der Waals surface area contributed by atoms with Crippen molar-refractivity contribution in [1.82, 2.24) is 4.31 Å². The fourth-order valence-corrected chi connectivity index (χ4v) is 4.72. The van der Waals surface area contributed by atoms with Gasteiger partial charge in [-0.25, -0.2) is 8.42 Å². The molecule has 3 rings (SSSR count). The number of ether oxygens (including phenoxy) is 3. The fraction of sp³-hybridized carbons (Fsp3) is 0.391. The van der Waals surface area contributed by atoms with Gasteiger partial charge in [0.05, 0.1) is 25.2 Å². The third kappa shape index (κ3) is 5.93. The third-order valence-corrected chi connectivity index (χ3v) is 7.11. The van der Waals surface area contributed by atoms with Gasteiger partial charge in [-0.1, -0.05) is 12.1 Å². The number of rotatable bonds is 9. The van der Waals surface area contributed by atoms with Crippen molar-refractivity contribution >= 4 is 21.8 Å². The number of benzene rings is 2. The highest BCUT2D eigenvalue weighted by Gasteiger charge is 2.26. The average molecular weight is 462 g/mol. The van der Waals surface area contributed by atoms with E-state index in [9.17, 15) is 18.0 Å². The molecule has 0 saturated carbocycles. The summed E-state index contributed by atoms with van der Waals surface area (Å²) < 4.78 is 42.3. The number of Topliss-reactive ketones (excluding diaryl/α,β-unsaturated/α-hetero) is 1. The van der Waals surface area contributed by atoms with Gasteiger partial charge in [0, 0.05) is 25.1 Å². The highest BCUT2D eigenvalue weighted by atomic mass is 32.2. The van der Waals surface area contributed by atoms with Crippen molar-refractivity contribution in [2.45, 2.75) is 30.8 Å². The van der Waals surface area contributed by atoms with Crippen LogP contribution in [0.1, 0.15) is 29.3 Å². The summed E-state index contributed by atoms with van der Waals surface area (Å²) in [6.45, 7) is 2.99. The molecule has 2 aromatic carbocycles. The van der Waals surface area contributed by atoms with E-state index in [0.717, 1.165) is 5.56 Å². The zero-order valence-electron chi connectivity index (χ0n) is 18.2. The van der Waals surface area contributed by atoms with E-state index in [2.05, 4.69) is 0 Å². The van der Waals surface area contributed by atoms with Gasteiger partial charge in [0.1, 0.15) is 5.75 Å². The molecule has 9 heteroatoms. The lowest BCUT2D eigenvalue weighted by Crippen LogP contribution is -2.40. The molecular weight excluding hydrogens is 434 g/mol. The molecule has 2 aromatic rings. The van der Waals surface area contributed by atoms with Gasteiger partial charge in [-0.05, 0) is 55.3 Å². The van der Waals surface area contributed by atoms with Crippen molar-refractivity contribution in [2.24, 2.45) is 0 Å². The van der Waals surface area contributed by atoms with Crippen LogP contribution in [0.25, 0.3) is 0 Å². The number of sulfonamides is 1. The lowest BCUT2D eigenvalue weighted by atomic mass is 10.1. The Morgan fingerprint density at radius 2 is 1.66 bits per heavy atom. The second-order valence-electron chi connectivity index (χ2n) is 7.39. The summed E-state index contributed by atoms with van der Waals surface area (Å²) in [5.74, 6) is -0.155. The van der Waals surface area contributed by atoms with E-state index in [0.29, 0.717) is 44.0 Å². The molecule has 172 valence electrons. The molecule has 1 atom stereocenters. The van der Waals surface area contributed by atoms with Gasteiger partial charge in [-0.2, -0.15) is 4.31 Å². The number of hydrogen-bond donors (Lipinski definition) is 0. The molecule has 1 aliphatic rings. The number of nitrogens with zero attached hydrogens (tertiary/aromatic N) is 1. The minimum absolute atomic E-state index is 0.0792. The lowest BCUT2D eigenvalue weighted by Gasteiger charge is -2.26. The predicted octanol–water partition coefficient (Wildman–Crippen LogP) is 2.46. The molecule has 0 amide bonds. The zero-order chi connectivity index (χ0) is 23.1. The first-order valence-corrected chi connectivity index (χ1v) is 11.8. The molecule has 1 heterocycles. The Balaban J connectivity index is 1.51. The van der Waals surface area contributed by atoms with E-state index in [1.54, 1.807) is 48.5 Å². The Morgan fingerprint density at radius 3 is 2.25 bits per heavy atom. The quantitative estimate of drug-likeness (QED) is 0.418. The first-order valence-electron chi connectivity index (χ1n) is 10.4. The fourth-order valence-electron chi connectivity index (χ4n) is 3.31. The van der Waals surface area contributed by atoms with Crippen molar-refractivity contribution in [3.05, 3.63) is 59.7 Å². The van der Waals surface area contributed by atoms with Gasteiger partial charge >= 0.3 is 5.97 Å². The van der Waals surface area contributed by atoms with Crippen LogP contribution < -0.4 is 4.74 Å². The molecule has 0 spiro atoms. The Morgan fingerprint density at radius 1 is 1.03 bits per heavy atom. The maximum Gasteiger partial charge on any atom is 0.306 e. The van der Waals surface area contributed by atoms with Gasteiger partial charge in [0.25, 0.3) is 0 Å². The van der Waals surface area contributed by atoms with Crippen molar-refractivity contribution in [3.63, 3.8) is 0 Å². The van der Waals surface area contributed by atoms with Crippen LogP contribution in [0.3, 0.4) is 0 Å². The van der Waals surface area contributed by atoms with Crippen LogP contribution >= 0.6 is 0 Å². The van der Waals surface area contributed by atoms with Crippen LogP contribution in [0.15, 0.2) is 53.4 Å². The first kappa shape index (κ1) is 23.9. The number of morpholine rings is 1. The van der Waals surface area contributed by atoms with Gasteiger partial charge in [0.2, 0.25) is 15.8 Å². The Labute approximate surface area is 188 Å². The van der Waals surface area contributed by atoms with Crippen molar-refractivity contribution < 1.29 is 32.2 Å². The summed E-state index contributed by atoms with van der Waals surface area (Å²) in [6.07, 6.45) is -0.451. The van der Waals surface area contributed by atoms with Crippen LogP contribution in [-0.4, -0.2) is 64.0 Å². The number of ketones is 1. The molecule has 1 aliphatic heterocycles. The second kappa shape index (κ2) is 10.7. The summed E-state index contributed by atoms with van der Waals surface area (Å²) in [5, 5.41) is 0. The summed E-state index contributed by atoms with van der Waals surface area (Å²) in [4.78, 5) is 24.8. The second-order valence-corrected chi connectivity index (χ2v) is 9.32. The molecule has 0 aromatic heterocycles. The molecule has 8 nitrogen and oxygen atoms in total. The van der Waals surface area contributed by atoms with Crippen LogP contribution in [-0.2, 0) is 30.7 Å². The Bertz CT molecular complexity index is 1030. The topological polar surface area (TPSA) is 99.2 Å². The molecule has 32 heavy (non-hydrogen) atoms. The predicted molar refractivity (Wildman–Crippen MR) is 117 cm³/mol. The molecule has 1 fully saturated rings. The van der Waals surface area contributed by atoms with Crippen molar-refractivity contribution in [3.8, 4) is 5.75 Å². The minimum Gasteiger partial charge on any atom is -0.497 e. The maximum absolute atomic E-state index is 12.7. The molecular formula is C23H27NO7S. The monoisotopic (exact) mass is 461 g/mol. The number of carbonyl (C=O) groups is 2. The normalized spacial score (nSPS) is 15.7. The van der Waals surface area contributed by atoms with Gasteiger partial charge in [0.15, 0.2) is 6.10 Å². The summed E-state index contributed by atoms with van der Waals surface area (Å²) in [6, 6.07) is 13.0. The molecule has 0 N–H and O–H groups in total. The van der Waals surface area contributed by atoms with Crippen LogP contribution in [0.2, 0.25) is 0 Å². The Kier molecular flexibility index (Phi) is 8.00. The van der Waals surface area contributed by atoms with Gasteiger partial charge in [-0.3, -0.25) is 9.59 Å². The van der Waals surface area contributed by atoms with Gasteiger partial charge in [-0.15, -0.1) is 0 Å².